The standard InChI is InChI=1S/C37H23N/c1-2-11-27-22-29(17-16-24(27)8-1)28-12-7-13-30(23-28)35-33-20-18-25-9-3-5-14-31(25)36(33)38-37-32-15-6-4-10-26(32)19-21-34(35)37/h1-23H. The molecule has 38 heavy (non-hydrogen) atoms. The van der Waals surface area contributed by atoms with Gasteiger partial charge in [0.2, 0.25) is 0 Å². The van der Waals surface area contributed by atoms with Gasteiger partial charge in [-0.15, -0.1) is 0 Å². The van der Waals surface area contributed by atoms with Crippen LogP contribution >= 0.6 is 0 Å². The number of hydrogen-bond acceptors (Lipinski definition) is 1. The highest BCUT2D eigenvalue weighted by Crippen LogP contribution is 2.40. The molecule has 0 fully saturated rings. The van der Waals surface area contributed by atoms with Gasteiger partial charge in [0.05, 0.1) is 11.0 Å². The molecule has 1 aromatic heterocycles. The minimum absolute atomic E-state index is 1.05. The molecule has 0 saturated heterocycles. The summed E-state index contributed by atoms with van der Waals surface area (Å²) in [5.41, 5.74) is 7.00. The Morgan fingerprint density at radius 3 is 1.53 bits per heavy atom. The van der Waals surface area contributed by atoms with Crippen LogP contribution in [0.25, 0.3) is 76.4 Å². The predicted molar refractivity (Wildman–Crippen MR) is 163 cm³/mol. The van der Waals surface area contributed by atoms with Crippen LogP contribution in [0.5, 0.6) is 0 Å². The third kappa shape index (κ3) is 3.22. The van der Waals surface area contributed by atoms with E-state index in [4.69, 9.17) is 4.98 Å². The van der Waals surface area contributed by atoms with Crippen molar-refractivity contribution >= 4 is 54.1 Å². The van der Waals surface area contributed by atoms with Crippen molar-refractivity contribution < 1.29 is 0 Å². The summed E-state index contributed by atoms with van der Waals surface area (Å²) in [6.07, 6.45) is 0. The smallest absolute Gasteiger partial charge is 0.0794 e. The van der Waals surface area contributed by atoms with Crippen LogP contribution in [0.4, 0.5) is 0 Å². The molecule has 176 valence electrons. The summed E-state index contributed by atoms with van der Waals surface area (Å²) in [7, 11) is 0. The van der Waals surface area contributed by atoms with Crippen LogP contribution in [0.2, 0.25) is 0 Å². The van der Waals surface area contributed by atoms with Crippen molar-refractivity contribution in [3.05, 3.63) is 140 Å². The Labute approximate surface area is 220 Å². The molecule has 7 aromatic carbocycles. The van der Waals surface area contributed by atoms with Crippen LogP contribution < -0.4 is 0 Å². The first-order valence-electron chi connectivity index (χ1n) is 13.1. The molecule has 8 rings (SSSR count). The van der Waals surface area contributed by atoms with E-state index in [1.165, 1.54) is 65.3 Å². The highest BCUT2D eigenvalue weighted by molar-refractivity contribution is 6.21. The molecular weight excluding hydrogens is 458 g/mol. The number of fused-ring (bicyclic) bond motifs is 7. The van der Waals surface area contributed by atoms with Gasteiger partial charge in [-0.1, -0.05) is 127 Å². The van der Waals surface area contributed by atoms with Crippen LogP contribution in [-0.4, -0.2) is 4.98 Å². The van der Waals surface area contributed by atoms with E-state index in [1.54, 1.807) is 0 Å². The molecule has 0 radical (unpaired) electrons. The number of pyridine rings is 1. The average molecular weight is 482 g/mol. The normalized spacial score (nSPS) is 11.7. The Hall–Kier alpha value is -5.01. The van der Waals surface area contributed by atoms with E-state index in [2.05, 4.69) is 140 Å². The Balaban J connectivity index is 1.46. The Bertz CT molecular complexity index is 2090. The molecule has 1 heterocycles. The van der Waals surface area contributed by atoms with E-state index in [0.29, 0.717) is 0 Å². The monoisotopic (exact) mass is 481 g/mol. The minimum Gasteiger partial charge on any atom is -0.246 e. The summed E-state index contributed by atoms with van der Waals surface area (Å²) in [4.78, 5) is 5.33. The van der Waals surface area contributed by atoms with Crippen LogP contribution in [0, 0.1) is 0 Å². The maximum absolute atomic E-state index is 5.33. The molecular formula is C37H23N. The van der Waals surface area contributed by atoms with Gasteiger partial charge in [-0.2, -0.15) is 0 Å². The van der Waals surface area contributed by atoms with Gasteiger partial charge in [0.15, 0.2) is 0 Å². The Kier molecular flexibility index (Phi) is 4.59. The van der Waals surface area contributed by atoms with Crippen molar-refractivity contribution in [3.8, 4) is 22.3 Å². The molecule has 0 spiro atoms. The van der Waals surface area contributed by atoms with Gasteiger partial charge in [0, 0.05) is 27.1 Å². The number of benzene rings is 7. The lowest BCUT2D eigenvalue weighted by molar-refractivity contribution is 1.53. The fraction of sp³-hybridized carbons (Fsp3) is 0. The van der Waals surface area contributed by atoms with E-state index in [-0.39, 0.29) is 0 Å². The first-order chi connectivity index (χ1) is 18.8. The molecule has 0 aliphatic carbocycles. The summed E-state index contributed by atoms with van der Waals surface area (Å²) in [6, 6.07) is 50.3. The topological polar surface area (TPSA) is 12.9 Å². The third-order valence-corrected chi connectivity index (χ3v) is 7.80. The van der Waals surface area contributed by atoms with Crippen LogP contribution in [0.15, 0.2) is 140 Å². The SMILES string of the molecule is c1cc(-c2ccc3ccccc3c2)cc(-c2c3ccc4ccccc4c3nc3c2ccc2ccccc23)c1. The summed E-state index contributed by atoms with van der Waals surface area (Å²) in [5.74, 6) is 0. The van der Waals surface area contributed by atoms with Gasteiger partial charge < -0.3 is 0 Å². The first-order valence-corrected chi connectivity index (χ1v) is 13.1. The van der Waals surface area contributed by atoms with Gasteiger partial charge in [-0.05, 0) is 50.4 Å². The fourth-order valence-corrected chi connectivity index (χ4v) is 5.95. The molecule has 0 atom stereocenters. The summed E-state index contributed by atoms with van der Waals surface area (Å²) < 4.78 is 0. The molecule has 0 unspecified atom stereocenters. The van der Waals surface area contributed by atoms with Crippen molar-refractivity contribution in [2.24, 2.45) is 0 Å². The predicted octanol–water partition coefficient (Wildman–Crippen LogP) is 10.2. The summed E-state index contributed by atoms with van der Waals surface area (Å²) in [6.45, 7) is 0. The van der Waals surface area contributed by atoms with Crippen molar-refractivity contribution in [2.45, 2.75) is 0 Å². The van der Waals surface area contributed by atoms with Gasteiger partial charge in [-0.25, -0.2) is 4.98 Å². The number of rotatable bonds is 2. The lowest BCUT2D eigenvalue weighted by Gasteiger charge is -2.15. The Morgan fingerprint density at radius 1 is 0.316 bits per heavy atom. The van der Waals surface area contributed by atoms with E-state index >= 15 is 0 Å². The van der Waals surface area contributed by atoms with Gasteiger partial charge in [0.1, 0.15) is 0 Å². The second-order valence-corrected chi connectivity index (χ2v) is 10.00. The molecule has 1 nitrogen and oxygen atoms in total. The lowest BCUT2D eigenvalue weighted by Crippen LogP contribution is -1.92. The minimum atomic E-state index is 1.05. The zero-order valence-electron chi connectivity index (χ0n) is 20.7. The zero-order chi connectivity index (χ0) is 25.1. The third-order valence-electron chi connectivity index (χ3n) is 7.80. The van der Waals surface area contributed by atoms with Crippen LogP contribution in [0.1, 0.15) is 0 Å². The van der Waals surface area contributed by atoms with Crippen molar-refractivity contribution in [2.75, 3.05) is 0 Å². The summed E-state index contributed by atoms with van der Waals surface area (Å²) in [5, 5.41) is 9.68. The second kappa shape index (κ2) is 8.26. The molecule has 0 N–H and O–H groups in total. The maximum atomic E-state index is 5.33. The number of nitrogens with zero attached hydrogens (tertiary/aromatic N) is 1. The van der Waals surface area contributed by atoms with Crippen molar-refractivity contribution in [3.63, 3.8) is 0 Å². The highest BCUT2D eigenvalue weighted by Gasteiger charge is 2.16. The van der Waals surface area contributed by atoms with Crippen LogP contribution in [-0.2, 0) is 0 Å². The molecule has 1 heteroatoms. The van der Waals surface area contributed by atoms with Crippen LogP contribution in [0.3, 0.4) is 0 Å². The van der Waals surface area contributed by atoms with Gasteiger partial charge >= 0.3 is 0 Å². The lowest BCUT2D eigenvalue weighted by atomic mass is 9.91. The van der Waals surface area contributed by atoms with Gasteiger partial charge in [-0.3, -0.25) is 0 Å². The van der Waals surface area contributed by atoms with E-state index in [9.17, 15) is 0 Å². The van der Waals surface area contributed by atoms with Crippen molar-refractivity contribution in [1.82, 2.24) is 4.98 Å². The second-order valence-electron chi connectivity index (χ2n) is 10.00. The quantitative estimate of drug-likeness (QED) is 0.177. The van der Waals surface area contributed by atoms with E-state index in [0.717, 1.165) is 11.0 Å². The largest absolute Gasteiger partial charge is 0.246 e. The van der Waals surface area contributed by atoms with Gasteiger partial charge in [0.25, 0.3) is 0 Å². The molecule has 0 aliphatic rings. The fourth-order valence-electron chi connectivity index (χ4n) is 5.95. The first kappa shape index (κ1) is 21.1. The summed E-state index contributed by atoms with van der Waals surface area (Å²) >= 11 is 0. The molecule has 0 aliphatic heterocycles. The molecule has 8 aromatic rings. The maximum Gasteiger partial charge on any atom is 0.0794 e. The molecule has 0 bridgehead atoms. The average Bonchev–Trinajstić information content (AvgIpc) is 2.99. The number of hydrogen-bond donors (Lipinski definition) is 0. The van der Waals surface area contributed by atoms with E-state index < -0.39 is 0 Å². The highest BCUT2D eigenvalue weighted by atomic mass is 14.7. The Morgan fingerprint density at radius 2 is 0.842 bits per heavy atom. The zero-order valence-corrected chi connectivity index (χ0v) is 20.7. The van der Waals surface area contributed by atoms with Crippen molar-refractivity contribution in [1.29, 1.82) is 0 Å². The molecule has 0 amide bonds. The molecule has 0 saturated carbocycles. The number of aromatic nitrogens is 1. The van der Waals surface area contributed by atoms with E-state index in [1.807, 2.05) is 0 Å².